The van der Waals surface area contributed by atoms with Crippen LogP contribution in [0.15, 0.2) is 24.3 Å². The molecule has 1 aromatic rings. The molecule has 8 N–H and O–H groups in total. The quantitative estimate of drug-likeness (QED) is 0.0659. The Morgan fingerprint density at radius 1 is 0.821 bits per heavy atom. The molecule has 2 rings (SSSR count). The molecule has 1 aliphatic heterocycles. The minimum Gasteiger partial charge on any atom is -0.508 e. The first-order chi connectivity index (χ1) is 31.2. The van der Waals surface area contributed by atoms with E-state index < -0.39 is 114 Å². The van der Waals surface area contributed by atoms with Crippen molar-refractivity contribution >= 4 is 53.1 Å². The van der Waals surface area contributed by atoms with E-state index in [1.165, 1.54) is 37.9 Å². The molecule has 1 aromatic carbocycles. The van der Waals surface area contributed by atoms with Crippen LogP contribution in [-0.2, 0) is 54.3 Å². The third-order valence-electron chi connectivity index (χ3n) is 12.5. The Morgan fingerprint density at radius 3 is 1.93 bits per heavy atom. The highest BCUT2D eigenvalue weighted by atomic mass is 16.5. The summed E-state index contributed by atoms with van der Waals surface area (Å²) in [7, 11) is 1.38. The van der Waals surface area contributed by atoms with E-state index in [0.29, 0.717) is 24.8 Å². The summed E-state index contributed by atoms with van der Waals surface area (Å²) >= 11 is 0. The summed E-state index contributed by atoms with van der Waals surface area (Å²) in [6.07, 6.45) is -1.63. The van der Waals surface area contributed by atoms with Crippen molar-refractivity contribution in [2.75, 3.05) is 7.05 Å². The molecule has 376 valence electrons. The van der Waals surface area contributed by atoms with Gasteiger partial charge in [0.2, 0.25) is 41.4 Å². The molecule has 0 spiro atoms. The van der Waals surface area contributed by atoms with Crippen LogP contribution in [0, 0.1) is 29.6 Å². The minimum atomic E-state index is -1.41. The summed E-state index contributed by atoms with van der Waals surface area (Å²) in [5, 5.41) is 32.0. The summed E-state index contributed by atoms with van der Waals surface area (Å²) in [6.45, 7) is 18.5. The second-order valence-electron chi connectivity index (χ2n) is 18.9. The maximum Gasteiger partial charge on any atom is 0.329 e. The smallest absolute Gasteiger partial charge is 0.329 e. The number of likely N-dealkylation sites (N-methyl/N-ethyl adjacent to an activating group) is 1. The predicted octanol–water partition coefficient (Wildman–Crippen LogP) is 2.23. The maximum absolute atomic E-state index is 14.9. The lowest BCUT2D eigenvalue weighted by Crippen LogP contribution is -2.65. The van der Waals surface area contributed by atoms with Crippen molar-refractivity contribution in [3.63, 3.8) is 0 Å². The highest BCUT2D eigenvalue weighted by Gasteiger charge is 2.46. The molecule has 19 nitrogen and oxygen atoms in total. The summed E-state index contributed by atoms with van der Waals surface area (Å²) in [4.78, 5) is 124. The number of esters is 1. The van der Waals surface area contributed by atoms with E-state index in [0.717, 1.165) is 4.90 Å². The largest absolute Gasteiger partial charge is 0.508 e. The minimum absolute atomic E-state index is 0.0425. The third kappa shape index (κ3) is 16.9. The van der Waals surface area contributed by atoms with Crippen LogP contribution in [-0.4, -0.2) is 129 Å². The molecule has 0 saturated carbocycles. The summed E-state index contributed by atoms with van der Waals surface area (Å²) < 4.78 is 5.77. The van der Waals surface area contributed by atoms with Gasteiger partial charge < -0.3 is 51.8 Å². The number of phenols is 1. The van der Waals surface area contributed by atoms with Crippen LogP contribution < -0.4 is 27.0 Å². The van der Waals surface area contributed by atoms with Crippen LogP contribution in [0.25, 0.3) is 0 Å². The molecule has 1 aliphatic rings. The molecule has 1 heterocycles. The van der Waals surface area contributed by atoms with Crippen molar-refractivity contribution in [3.05, 3.63) is 29.8 Å². The monoisotopic (exact) mass is 944 g/mol. The van der Waals surface area contributed by atoms with Crippen molar-refractivity contribution in [1.82, 2.24) is 31.1 Å². The first-order valence-electron chi connectivity index (χ1n) is 23.5. The van der Waals surface area contributed by atoms with Gasteiger partial charge in [-0.15, -0.1) is 0 Å². The molecule has 0 aromatic heterocycles. The number of hydrogen-bond donors (Lipinski definition) is 7. The number of nitrogens with two attached hydrogens (primary N) is 1. The van der Waals surface area contributed by atoms with E-state index in [2.05, 4.69) is 21.3 Å². The van der Waals surface area contributed by atoms with Crippen molar-refractivity contribution < 1.29 is 58.1 Å². The van der Waals surface area contributed by atoms with Gasteiger partial charge in [-0.25, -0.2) is 4.79 Å². The van der Waals surface area contributed by atoms with E-state index in [-0.39, 0.29) is 55.6 Å². The number of ketones is 1. The molecule has 11 atom stereocenters. The fourth-order valence-electron chi connectivity index (χ4n) is 7.91. The van der Waals surface area contributed by atoms with E-state index in [1.807, 2.05) is 20.8 Å². The Bertz CT molecular complexity index is 1890. The molecular weight excluding hydrogens is 867 g/mol. The number of aliphatic hydroxyl groups excluding tert-OH is 1. The Morgan fingerprint density at radius 2 is 1.40 bits per heavy atom. The zero-order valence-corrected chi connectivity index (χ0v) is 41.4. The number of amides is 7. The highest BCUT2D eigenvalue weighted by Crippen LogP contribution is 2.28. The first kappa shape index (κ1) is 57.5. The number of nitrogens with zero attached hydrogens (tertiary/aromatic N) is 2. The number of piperidine rings is 1. The van der Waals surface area contributed by atoms with Gasteiger partial charge >= 0.3 is 5.97 Å². The molecule has 0 radical (unpaired) electrons. The predicted molar refractivity (Wildman–Crippen MR) is 249 cm³/mol. The number of aliphatic hydroxyl groups is 1. The summed E-state index contributed by atoms with van der Waals surface area (Å²) in [5.41, 5.74) is 5.82. The van der Waals surface area contributed by atoms with Gasteiger partial charge in [0.15, 0.2) is 5.78 Å². The molecule has 0 bridgehead atoms. The number of Topliss-reactive ketones (excluding diaryl/α,β-unsaturated/α-hetero) is 1. The highest BCUT2D eigenvalue weighted by molar-refractivity contribution is 5.96. The zero-order chi connectivity index (χ0) is 51.0. The lowest BCUT2D eigenvalue weighted by atomic mass is 9.90. The fraction of sp³-hybridized carbons (Fsp3) is 0.688. The van der Waals surface area contributed by atoms with Crippen molar-refractivity contribution in [2.24, 2.45) is 35.3 Å². The van der Waals surface area contributed by atoms with E-state index in [1.54, 1.807) is 53.7 Å². The van der Waals surface area contributed by atoms with Crippen molar-refractivity contribution in [3.8, 4) is 5.75 Å². The number of phenolic OH excluding ortho intramolecular Hbond substituents is 1. The van der Waals surface area contributed by atoms with Crippen LogP contribution in [0.3, 0.4) is 0 Å². The number of primary amides is 1. The second kappa shape index (κ2) is 26.7. The van der Waals surface area contributed by atoms with E-state index >= 15 is 0 Å². The zero-order valence-electron chi connectivity index (χ0n) is 41.4. The van der Waals surface area contributed by atoms with Gasteiger partial charge in [-0.05, 0) is 75.0 Å². The topological polar surface area (TPSA) is 284 Å². The lowest BCUT2D eigenvalue weighted by Gasteiger charge is -2.44. The average molecular weight is 944 g/mol. The number of hydrogen-bond acceptors (Lipinski definition) is 12. The number of carbonyl (C=O) groups excluding carboxylic acids is 9. The average Bonchev–Trinajstić information content (AvgIpc) is 3.26. The molecule has 7 amide bonds. The fourth-order valence-corrected chi connectivity index (χ4v) is 7.91. The van der Waals surface area contributed by atoms with Gasteiger partial charge in [0.1, 0.15) is 54.3 Å². The molecule has 1 saturated heterocycles. The molecule has 0 unspecified atom stereocenters. The molecule has 67 heavy (non-hydrogen) atoms. The molecule has 0 aliphatic carbocycles. The van der Waals surface area contributed by atoms with Gasteiger partial charge in [0, 0.05) is 31.7 Å². The summed E-state index contributed by atoms with van der Waals surface area (Å²) in [5.74, 6) is -7.81. The second-order valence-corrected chi connectivity index (χ2v) is 18.9. The lowest BCUT2D eigenvalue weighted by molar-refractivity contribution is -0.168. The number of nitrogens with one attached hydrogen (secondary N) is 4. The van der Waals surface area contributed by atoms with Crippen molar-refractivity contribution in [1.29, 1.82) is 0 Å². The maximum atomic E-state index is 14.9. The van der Waals surface area contributed by atoms with E-state index in [4.69, 9.17) is 10.5 Å². The summed E-state index contributed by atoms with van der Waals surface area (Å²) in [6, 6.07) is -1.66. The van der Waals surface area contributed by atoms with Gasteiger partial charge in [0.25, 0.3) is 0 Å². The Hall–Kier alpha value is -5.59. The number of benzene rings is 1. The molecule has 1 fully saturated rings. The standard InChI is InChI=1S/C48H77N7O12/c1-13-27(7)39(48(66)67-31(11)40(30(10)56)53-44(62)34(19-21-37(49)58)50-42(60)26(5)6)52-45(63)36(24-32-15-17-33(57)18-16-32)54(12)47(65)41(28(8)14-2)55-38(59)22-20-35(46(55)64)51-43(61)29(9)23-25(3)4/h15-18,25-29,31,34-36,38-41,57,59H,13-14,19-24H2,1-12H3,(H2,49,58)(H,50,60)(H,51,61)(H,52,63)(H,53,62)/t27-,28-,29-,31+,34-,35-,36-,38+,39-,40+,41-/m0/s1. The van der Waals surface area contributed by atoms with Crippen LogP contribution in [0.2, 0.25) is 0 Å². The number of carbonyl (C=O) groups is 9. The van der Waals surface area contributed by atoms with Gasteiger partial charge in [-0.3, -0.25) is 38.4 Å². The molecule has 19 heteroatoms. The third-order valence-corrected chi connectivity index (χ3v) is 12.5. The number of rotatable bonds is 26. The Kier molecular flexibility index (Phi) is 22.9. The van der Waals surface area contributed by atoms with Crippen LogP contribution in [0.5, 0.6) is 5.75 Å². The van der Waals surface area contributed by atoms with Gasteiger partial charge in [0.05, 0.1) is 0 Å². The van der Waals surface area contributed by atoms with Crippen LogP contribution in [0.1, 0.15) is 127 Å². The van der Waals surface area contributed by atoms with Crippen molar-refractivity contribution in [2.45, 2.75) is 176 Å². The van der Waals surface area contributed by atoms with Crippen LogP contribution in [0.4, 0.5) is 0 Å². The van der Waals surface area contributed by atoms with Gasteiger partial charge in [-0.1, -0.05) is 87.3 Å². The normalized spacial score (nSPS) is 19.1. The number of likely N-dealkylation sites (tertiary alicyclic amines) is 1. The number of ether oxygens (including phenoxy) is 1. The Balaban J connectivity index is 2.52. The van der Waals surface area contributed by atoms with Crippen LogP contribution >= 0.6 is 0 Å². The molecular formula is C48H77N7O12. The Labute approximate surface area is 395 Å². The SMILES string of the molecule is CC[C@H](C)[C@H](NC(=O)[C@H](Cc1ccc(O)cc1)N(C)C(=O)[C@H]([C@@H](C)CC)N1C(=O)[C@@H](NC(=O)[C@@H](C)CC(C)C)CC[C@H]1O)C(=O)O[C@H](C)[C@H](NC(=O)[C@H](CCC(N)=O)NC(=O)C(C)C)C(C)=O. The van der Waals surface area contributed by atoms with Gasteiger partial charge in [-0.2, -0.15) is 0 Å². The number of aromatic hydroxyl groups is 1. The first-order valence-corrected chi connectivity index (χ1v) is 23.5. The van der Waals surface area contributed by atoms with E-state index in [9.17, 15) is 53.4 Å².